The Hall–Kier alpha value is -2.31. The molecule has 6 heteroatoms. The Kier molecular flexibility index (Phi) is 7.12. The van der Waals surface area contributed by atoms with Crippen molar-refractivity contribution in [2.75, 3.05) is 46.9 Å². The number of nitrogens with one attached hydrogen (secondary N) is 1. The van der Waals surface area contributed by atoms with Crippen molar-refractivity contribution in [2.45, 2.75) is 26.4 Å². The molecule has 0 amide bonds. The Morgan fingerprint density at radius 2 is 1.86 bits per heavy atom. The molecule has 2 heterocycles. The van der Waals surface area contributed by atoms with Crippen molar-refractivity contribution in [3.63, 3.8) is 0 Å². The van der Waals surface area contributed by atoms with E-state index in [0.717, 1.165) is 56.9 Å². The van der Waals surface area contributed by atoms with Gasteiger partial charge in [0, 0.05) is 40.3 Å². The van der Waals surface area contributed by atoms with Crippen molar-refractivity contribution >= 4 is 5.96 Å². The molecule has 1 N–H and O–H groups in total. The number of aliphatic imine (C=N–C) groups is 1. The molecule has 1 aromatic heterocycles. The molecule has 1 saturated heterocycles. The molecule has 0 aliphatic carbocycles. The average molecular weight is 385 g/mol. The first kappa shape index (κ1) is 20.4. The Morgan fingerprint density at radius 1 is 1.14 bits per heavy atom. The van der Waals surface area contributed by atoms with Crippen LogP contribution < -0.4 is 5.32 Å². The number of furan rings is 1. The van der Waals surface area contributed by atoms with Crippen LogP contribution in [0.25, 0.3) is 0 Å². The third kappa shape index (κ3) is 5.36. The molecule has 1 unspecified atom stereocenters. The van der Waals surface area contributed by atoms with E-state index in [1.54, 1.807) is 0 Å². The highest BCUT2D eigenvalue weighted by atomic mass is 16.5. The van der Waals surface area contributed by atoms with Crippen molar-refractivity contribution in [2.24, 2.45) is 4.99 Å². The van der Waals surface area contributed by atoms with Gasteiger partial charge in [0.25, 0.3) is 0 Å². The van der Waals surface area contributed by atoms with Crippen LogP contribution >= 0.6 is 0 Å². The minimum absolute atomic E-state index is 0.155. The number of morpholine rings is 1. The molecule has 1 atom stereocenters. The highest BCUT2D eigenvalue weighted by Crippen LogP contribution is 2.23. The van der Waals surface area contributed by atoms with Gasteiger partial charge >= 0.3 is 0 Å². The lowest BCUT2D eigenvalue weighted by Gasteiger charge is -2.34. The normalized spacial score (nSPS) is 16.8. The fraction of sp³-hybridized carbons (Fsp3) is 0.500. The van der Waals surface area contributed by atoms with E-state index in [1.807, 2.05) is 20.0 Å². The third-order valence-corrected chi connectivity index (χ3v) is 5.14. The van der Waals surface area contributed by atoms with Crippen LogP contribution in [0.3, 0.4) is 0 Å². The third-order valence-electron chi connectivity index (χ3n) is 5.14. The van der Waals surface area contributed by atoms with Gasteiger partial charge in [0.15, 0.2) is 5.96 Å². The average Bonchev–Trinajstić information content (AvgIpc) is 3.13. The fourth-order valence-electron chi connectivity index (χ4n) is 3.55. The van der Waals surface area contributed by atoms with E-state index >= 15 is 0 Å². The van der Waals surface area contributed by atoms with Crippen molar-refractivity contribution in [1.29, 1.82) is 0 Å². The summed E-state index contributed by atoms with van der Waals surface area (Å²) in [7, 11) is 3.89. The molecule has 152 valence electrons. The van der Waals surface area contributed by atoms with Crippen LogP contribution in [-0.2, 0) is 11.3 Å². The molecule has 0 radical (unpaired) electrons. The summed E-state index contributed by atoms with van der Waals surface area (Å²) in [6.07, 6.45) is 0. The second-order valence-electron chi connectivity index (χ2n) is 7.38. The van der Waals surface area contributed by atoms with Gasteiger partial charge in [-0.2, -0.15) is 0 Å². The van der Waals surface area contributed by atoms with Crippen LogP contribution in [0.1, 0.15) is 28.7 Å². The number of ether oxygens (including phenoxy) is 1. The molecule has 0 spiro atoms. The summed E-state index contributed by atoms with van der Waals surface area (Å²) in [5, 5.41) is 3.54. The van der Waals surface area contributed by atoms with Crippen molar-refractivity contribution in [3.05, 3.63) is 59.0 Å². The molecule has 28 heavy (non-hydrogen) atoms. The van der Waals surface area contributed by atoms with E-state index in [9.17, 15) is 0 Å². The number of nitrogens with zero attached hydrogens (tertiary/aromatic N) is 3. The van der Waals surface area contributed by atoms with Gasteiger partial charge in [0.2, 0.25) is 0 Å². The Bertz CT molecular complexity index is 763. The number of guanidine groups is 1. The lowest BCUT2D eigenvalue weighted by atomic mass is 10.1. The van der Waals surface area contributed by atoms with Gasteiger partial charge < -0.3 is 19.4 Å². The number of rotatable bonds is 6. The maximum absolute atomic E-state index is 5.96. The van der Waals surface area contributed by atoms with Crippen molar-refractivity contribution in [3.8, 4) is 0 Å². The van der Waals surface area contributed by atoms with E-state index in [2.05, 4.69) is 64.4 Å². The lowest BCUT2D eigenvalue weighted by molar-refractivity contribution is 0.0123. The lowest BCUT2D eigenvalue weighted by Crippen LogP contribution is -2.46. The molecule has 2 aromatic rings. The summed E-state index contributed by atoms with van der Waals surface area (Å²) in [6, 6.07) is 12.9. The second-order valence-corrected chi connectivity index (χ2v) is 7.38. The fourth-order valence-corrected chi connectivity index (χ4v) is 3.55. The predicted molar refractivity (Wildman–Crippen MR) is 113 cm³/mol. The smallest absolute Gasteiger partial charge is 0.193 e. The Morgan fingerprint density at radius 3 is 2.46 bits per heavy atom. The van der Waals surface area contributed by atoms with E-state index in [4.69, 9.17) is 9.15 Å². The first-order valence-electron chi connectivity index (χ1n) is 9.92. The summed E-state index contributed by atoms with van der Waals surface area (Å²) >= 11 is 0. The first-order chi connectivity index (χ1) is 13.6. The zero-order valence-corrected chi connectivity index (χ0v) is 17.4. The minimum Gasteiger partial charge on any atom is -0.465 e. The van der Waals surface area contributed by atoms with Crippen molar-refractivity contribution in [1.82, 2.24) is 15.1 Å². The van der Waals surface area contributed by atoms with Crippen LogP contribution in [0.5, 0.6) is 0 Å². The highest BCUT2D eigenvalue weighted by Gasteiger charge is 2.25. The molecule has 1 aliphatic heterocycles. The molecule has 1 aliphatic rings. The van der Waals surface area contributed by atoms with Gasteiger partial charge in [0.1, 0.15) is 11.5 Å². The summed E-state index contributed by atoms with van der Waals surface area (Å²) in [6.45, 7) is 8.97. The topological polar surface area (TPSA) is 53.2 Å². The van der Waals surface area contributed by atoms with Gasteiger partial charge in [-0.25, -0.2) is 0 Å². The van der Waals surface area contributed by atoms with Gasteiger partial charge in [-0.05, 0) is 31.5 Å². The number of hydrogen-bond donors (Lipinski definition) is 1. The number of benzene rings is 1. The predicted octanol–water partition coefficient (Wildman–Crippen LogP) is 2.98. The molecule has 6 nitrogen and oxygen atoms in total. The molecule has 1 fully saturated rings. The molecule has 1 aromatic carbocycles. The van der Waals surface area contributed by atoms with Gasteiger partial charge in [-0.1, -0.05) is 29.8 Å². The highest BCUT2D eigenvalue weighted by molar-refractivity contribution is 5.79. The zero-order valence-electron chi connectivity index (χ0n) is 17.4. The molecule has 0 bridgehead atoms. The quantitative estimate of drug-likeness (QED) is 0.613. The van der Waals surface area contributed by atoms with Crippen LogP contribution in [0, 0.1) is 13.8 Å². The summed E-state index contributed by atoms with van der Waals surface area (Å²) in [5.74, 6) is 2.81. The zero-order chi connectivity index (χ0) is 19.9. The van der Waals surface area contributed by atoms with Crippen LogP contribution in [-0.4, -0.2) is 62.7 Å². The van der Waals surface area contributed by atoms with E-state index < -0.39 is 0 Å². The Balaban J connectivity index is 1.65. The monoisotopic (exact) mass is 384 g/mol. The summed E-state index contributed by atoms with van der Waals surface area (Å²) in [5.41, 5.74) is 2.54. The SMILES string of the molecule is CN=C(NCC(c1ccc(C)o1)N1CCOCC1)N(C)Cc1ccc(C)cc1. The molecule has 3 rings (SSSR count). The Labute approximate surface area is 168 Å². The summed E-state index contributed by atoms with van der Waals surface area (Å²) in [4.78, 5) is 9.04. The van der Waals surface area contributed by atoms with E-state index in [1.165, 1.54) is 11.1 Å². The van der Waals surface area contributed by atoms with Crippen molar-refractivity contribution < 1.29 is 9.15 Å². The van der Waals surface area contributed by atoms with Crippen LogP contribution in [0.4, 0.5) is 0 Å². The van der Waals surface area contributed by atoms with Crippen LogP contribution in [0.15, 0.2) is 45.8 Å². The largest absolute Gasteiger partial charge is 0.465 e. The minimum atomic E-state index is 0.155. The van der Waals surface area contributed by atoms with E-state index in [0.29, 0.717) is 0 Å². The van der Waals surface area contributed by atoms with Crippen LogP contribution in [0.2, 0.25) is 0 Å². The van der Waals surface area contributed by atoms with Gasteiger partial charge in [0.05, 0.1) is 19.3 Å². The number of hydrogen-bond acceptors (Lipinski definition) is 4. The molecule has 0 saturated carbocycles. The molecular formula is C22H32N4O2. The van der Waals surface area contributed by atoms with Gasteiger partial charge in [-0.3, -0.25) is 9.89 Å². The number of aryl methyl sites for hydroxylation is 2. The van der Waals surface area contributed by atoms with E-state index in [-0.39, 0.29) is 6.04 Å². The second kappa shape index (κ2) is 9.75. The maximum Gasteiger partial charge on any atom is 0.193 e. The standard InChI is InChI=1S/C22H32N4O2/c1-17-5-8-19(9-6-17)16-25(4)22(23-3)24-15-20(21-10-7-18(2)28-21)26-11-13-27-14-12-26/h5-10,20H,11-16H2,1-4H3,(H,23,24). The first-order valence-corrected chi connectivity index (χ1v) is 9.92. The summed E-state index contributed by atoms with van der Waals surface area (Å²) < 4.78 is 11.5. The van der Waals surface area contributed by atoms with Gasteiger partial charge in [-0.15, -0.1) is 0 Å². The maximum atomic E-state index is 5.96. The molecular weight excluding hydrogens is 352 g/mol.